The van der Waals surface area contributed by atoms with Gasteiger partial charge in [0.15, 0.2) is 0 Å². The monoisotopic (exact) mass is 202 g/mol. The van der Waals surface area contributed by atoms with Crippen molar-refractivity contribution in [3.8, 4) is 0 Å². The molecule has 82 valence electrons. The quantitative estimate of drug-likeness (QED) is 0.276. The normalized spacial score (nSPS) is 9.86. The molecule has 3 N–H and O–H groups in total. The van der Waals surface area contributed by atoms with Gasteiger partial charge in [0.25, 0.3) is 0 Å². The molecule has 0 fully saturated rings. The molecule has 5 heteroatoms. The van der Waals surface area contributed by atoms with Crippen molar-refractivity contribution >= 4 is 11.9 Å². The van der Waals surface area contributed by atoms with Crippen LogP contribution in [0.15, 0.2) is 0 Å². The molecule has 0 rings (SSSR count). The second kappa shape index (κ2) is 7.32. The minimum absolute atomic E-state index is 0.0836. The number of unbranched alkanes of at least 4 members (excludes halogenated alkanes) is 2. The van der Waals surface area contributed by atoms with E-state index in [4.69, 9.17) is 10.9 Å². The highest BCUT2D eigenvalue weighted by Crippen LogP contribution is 2.01. The summed E-state index contributed by atoms with van der Waals surface area (Å²) in [5.41, 5.74) is 0. The summed E-state index contributed by atoms with van der Waals surface area (Å²) in [6, 6.07) is 0. The molecule has 0 radical (unpaired) electrons. The van der Waals surface area contributed by atoms with Crippen molar-refractivity contribution in [2.75, 3.05) is 6.54 Å². The molecule has 0 saturated heterocycles. The van der Waals surface area contributed by atoms with Crippen molar-refractivity contribution in [1.29, 1.82) is 0 Å². The average Bonchev–Trinajstić information content (AvgIpc) is 2.14. The van der Waals surface area contributed by atoms with Crippen molar-refractivity contribution < 1.29 is 14.7 Å². The number of aliphatic carboxylic acids is 1. The lowest BCUT2D eigenvalue weighted by Crippen LogP contribution is -2.38. The van der Waals surface area contributed by atoms with Gasteiger partial charge in [-0.05, 0) is 6.42 Å². The summed E-state index contributed by atoms with van der Waals surface area (Å²) in [6.07, 6.45) is 3.17. The topological polar surface area (TPSA) is 83.6 Å². The van der Waals surface area contributed by atoms with Crippen LogP contribution >= 0.6 is 0 Å². The van der Waals surface area contributed by atoms with Crippen LogP contribution in [0.5, 0.6) is 0 Å². The van der Waals surface area contributed by atoms with Gasteiger partial charge in [-0.3, -0.25) is 14.6 Å². The minimum Gasteiger partial charge on any atom is -0.481 e. The van der Waals surface area contributed by atoms with Gasteiger partial charge >= 0.3 is 5.97 Å². The number of hydrogen-bond acceptors (Lipinski definition) is 3. The third-order valence-corrected chi connectivity index (χ3v) is 1.88. The van der Waals surface area contributed by atoms with Gasteiger partial charge in [0.05, 0.1) is 6.42 Å². The molecule has 0 aromatic heterocycles. The molecular weight excluding hydrogens is 184 g/mol. The Morgan fingerprint density at radius 1 is 1.29 bits per heavy atom. The Hall–Kier alpha value is -1.10. The number of carboxylic acid groups (broad SMARTS) is 1. The number of hydrazine groups is 1. The van der Waals surface area contributed by atoms with Gasteiger partial charge < -0.3 is 5.11 Å². The van der Waals surface area contributed by atoms with Crippen LogP contribution in [0.1, 0.15) is 39.0 Å². The molecular formula is C9H18N2O3. The fraction of sp³-hybridized carbons (Fsp3) is 0.778. The lowest BCUT2D eigenvalue weighted by Gasteiger charge is -2.14. The van der Waals surface area contributed by atoms with Crippen molar-refractivity contribution in [1.82, 2.24) is 5.01 Å². The lowest BCUT2D eigenvalue weighted by molar-refractivity contribution is -0.138. The molecule has 5 nitrogen and oxygen atoms in total. The molecule has 0 aliphatic heterocycles. The first kappa shape index (κ1) is 12.9. The number of carbonyl (C=O) groups is 2. The van der Waals surface area contributed by atoms with E-state index in [1.54, 1.807) is 0 Å². The Kier molecular flexibility index (Phi) is 6.74. The Balaban J connectivity index is 3.59. The van der Waals surface area contributed by atoms with E-state index in [1.165, 1.54) is 0 Å². The summed E-state index contributed by atoms with van der Waals surface area (Å²) >= 11 is 0. The molecule has 0 aromatic carbocycles. The first-order chi connectivity index (χ1) is 6.57. The zero-order valence-electron chi connectivity index (χ0n) is 8.53. The highest BCUT2D eigenvalue weighted by Gasteiger charge is 2.09. The Morgan fingerprint density at radius 2 is 1.93 bits per heavy atom. The highest BCUT2D eigenvalue weighted by atomic mass is 16.4. The van der Waals surface area contributed by atoms with Gasteiger partial charge in [-0.15, -0.1) is 0 Å². The molecule has 0 spiro atoms. The SMILES string of the molecule is CCCCCC(=O)N(N)CCC(=O)O. The molecule has 0 aliphatic carbocycles. The Labute approximate surface area is 83.8 Å². The van der Waals surface area contributed by atoms with Crippen molar-refractivity contribution in [3.63, 3.8) is 0 Å². The molecule has 0 unspecified atom stereocenters. The number of rotatable bonds is 7. The third kappa shape index (κ3) is 6.42. The highest BCUT2D eigenvalue weighted by molar-refractivity contribution is 5.76. The maximum Gasteiger partial charge on any atom is 0.305 e. The van der Waals surface area contributed by atoms with E-state index in [-0.39, 0.29) is 18.9 Å². The van der Waals surface area contributed by atoms with Crippen LogP contribution in [0.2, 0.25) is 0 Å². The van der Waals surface area contributed by atoms with E-state index < -0.39 is 5.97 Å². The summed E-state index contributed by atoms with van der Waals surface area (Å²) in [5.74, 6) is 4.24. The van der Waals surface area contributed by atoms with Crippen LogP contribution in [-0.2, 0) is 9.59 Å². The smallest absolute Gasteiger partial charge is 0.305 e. The van der Waals surface area contributed by atoms with E-state index in [2.05, 4.69) is 6.92 Å². The van der Waals surface area contributed by atoms with Gasteiger partial charge in [0.1, 0.15) is 0 Å². The first-order valence-electron chi connectivity index (χ1n) is 4.84. The second-order valence-corrected chi connectivity index (χ2v) is 3.19. The fourth-order valence-electron chi connectivity index (χ4n) is 1.01. The van der Waals surface area contributed by atoms with Crippen LogP contribution in [-0.4, -0.2) is 28.5 Å². The number of amides is 1. The number of carboxylic acids is 1. The predicted octanol–water partition coefficient (Wildman–Crippen LogP) is 0.744. The second-order valence-electron chi connectivity index (χ2n) is 3.19. The third-order valence-electron chi connectivity index (χ3n) is 1.88. The maximum atomic E-state index is 11.2. The van der Waals surface area contributed by atoms with E-state index in [0.29, 0.717) is 6.42 Å². The van der Waals surface area contributed by atoms with E-state index in [1.807, 2.05) is 0 Å². The molecule has 1 amide bonds. The molecule has 0 atom stereocenters. The predicted molar refractivity (Wildman–Crippen MR) is 52.3 cm³/mol. The molecule has 0 aliphatic rings. The van der Waals surface area contributed by atoms with Crippen LogP contribution in [0.25, 0.3) is 0 Å². The first-order valence-corrected chi connectivity index (χ1v) is 4.84. The van der Waals surface area contributed by atoms with Gasteiger partial charge in [0, 0.05) is 13.0 Å². The van der Waals surface area contributed by atoms with Gasteiger partial charge in [-0.2, -0.15) is 0 Å². The molecule has 0 aromatic rings. The van der Waals surface area contributed by atoms with Gasteiger partial charge in [-0.25, -0.2) is 5.84 Å². The molecule has 0 bridgehead atoms. The van der Waals surface area contributed by atoms with Crippen LogP contribution in [0, 0.1) is 0 Å². The van der Waals surface area contributed by atoms with E-state index in [0.717, 1.165) is 24.3 Å². The Morgan fingerprint density at radius 3 is 2.43 bits per heavy atom. The zero-order chi connectivity index (χ0) is 11.0. The molecule has 0 heterocycles. The van der Waals surface area contributed by atoms with E-state index >= 15 is 0 Å². The summed E-state index contributed by atoms with van der Waals surface area (Å²) in [6.45, 7) is 2.13. The van der Waals surface area contributed by atoms with Gasteiger partial charge in [-0.1, -0.05) is 19.8 Å². The van der Waals surface area contributed by atoms with Crippen LogP contribution < -0.4 is 5.84 Å². The van der Waals surface area contributed by atoms with Crippen LogP contribution in [0.4, 0.5) is 0 Å². The number of hydrogen-bond donors (Lipinski definition) is 2. The summed E-state index contributed by atoms with van der Waals surface area (Å²) < 4.78 is 0. The Bertz CT molecular complexity index is 194. The fourth-order valence-corrected chi connectivity index (χ4v) is 1.01. The van der Waals surface area contributed by atoms with Crippen molar-refractivity contribution in [2.24, 2.45) is 5.84 Å². The summed E-state index contributed by atoms with van der Waals surface area (Å²) in [7, 11) is 0. The van der Waals surface area contributed by atoms with Gasteiger partial charge in [0.2, 0.25) is 5.91 Å². The van der Waals surface area contributed by atoms with Crippen LogP contribution in [0.3, 0.4) is 0 Å². The number of nitrogens with two attached hydrogens (primary N) is 1. The zero-order valence-corrected chi connectivity index (χ0v) is 8.53. The number of nitrogens with zero attached hydrogens (tertiary/aromatic N) is 1. The van der Waals surface area contributed by atoms with Crippen molar-refractivity contribution in [2.45, 2.75) is 39.0 Å². The average molecular weight is 202 g/mol. The summed E-state index contributed by atoms with van der Waals surface area (Å²) in [4.78, 5) is 21.4. The summed E-state index contributed by atoms with van der Waals surface area (Å²) in [5, 5.41) is 9.35. The number of carbonyl (C=O) groups excluding carboxylic acids is 1. The molecule has 0 saturated carbocycles. The largest absolute Gasteiger partial charge is 0.481 e. The van der Waals surface area contributed by atoms with E-state index in [9.17, 15) is 9.59 Å². The van der Waals surface area contributed by atoms with Crippen molar-refractivity contribution in [3.05, 3.63) is 0 Å². The minimum atomic E-state index is -0.943. The molecule has 14 heavy (non-hydrogen) atoms. The lowest BCUT2D eigenvalue weighted by atomic mass is 10.2. The maximum absolute atomic E-state index is 11.2. The standard InChI is InChI=1S/C9H18N2O3/c1-2-3-4-5-8(12)11(10)7-6-9(13)14/h2-7,10H2,1H3,(H,13,14).